The Balaban J connectivity index is 2.20. The van der Waals surface area contributed by atoms with E-state index < -0.39 is 11.9 Å². The van der Waals surface area contributed by atoms with E-state index in [-0.39, 0.29) is 11.9 Å². The maximum Gasteiger partial charge on any atom is 0.308 e. The molecule has 1 saturated heterocycles. The number of rotatable bonds is 4. The zero-order chi connectivity index (χ0) is 15.6. The molecule has 2 rings (SSSR count). The van der Waals surface area contributed by atoms with Gasteiger partial charge in [-0.15, -0.1) is 11.3 Å². The second-order valence-electron chi connectivity index (χ2n) is 5.28. The third kappa shape index (κ3) is 3.24. The number of carbonyl (C=O) groups is 2. The Kier molecular flexibility index (Phi) is 4.95. The molecule has 6 nitrogen and oxygen atoms in total. The van der Waals surface area contributed by atoms with Crippen LogP contribution in [0.4, 0.5) is 0 Å². The van der Waals surface area contributed by atoms with Gasteiger partial charge in [0.15, 0.2) is 0 Å². The van der Waals surface area contributed by atoms with Crippen LogP contribution in [0.1, 0.15) is 40.1 Å². The van der Waals surface area contributed by atoms with E-state index in [2.05, 4.69) is 4.98 Å². The van der Waals surface area contributed by atoms with E-state index in [1.807, 2.05) is 6.92 Å². The average Bonchev–Trinajstić information content (AvgIpc) is 2.79. The topological polar surface area (TPSA) is 79.7 Å². The van der Waals surface area contributed by atoms with Gasteiger partial charge in [0.1, 0.15) is 9.88 Å². The van der Waals surface area contributed by atoms with Crippen molar-refractivity contribution in [3.05, 3.63) is 15.6 Å². The summed E-state index contributed by atoms with van der Waals surface area (Å²) in [6.07, 6.45) is 1.34. The van der Waals surface area contributed by atoms with Crippen molar-refractivity contribution in [1.82, 2.24) is 9.88 Å². The van der Waals surface area contributed by atoms with Gasteiger partial charge in [0.2, 0.25) is 0 Å². The Morgan fingerprint density at radius 3 is 2.86 bits per heavy atom. The van der Waals surface area contributed by atoms with Gasteiger partial charge in [-0.3, -0.25) is 9.59 Å². The summed E-state index contributed by atoms with van der Waals surface area (Å²) >= 11 is 1.32. The third-order valence-corrected chi connectivity index (χ3v) is 4.99. The monoisotopic (exact) mass is 312 g/mol. The summed E-state index contributed by atoms with van der Waals surface area (Å²) in [7, 11) is 1.59. The smallest absolute Gasteiger partial charge is 0.308 e. The number of methoxy groups -OCH3 is 1. The van der Waals surface area contributed by atoms with Crippen LogP contribution in [-0.2, 0) is 16.1 Å². The van der Waals surface area contributed by atoms with Crippen molar-refractivity contribution in [3.63, 3.8) is 0 Å². The number of aryl methyl sites for hydroxylation is 1. The molecule has 1 amide bonds. The molecule has 1 aromatic heterocycles. The molecule has 0 aromatic carbocycles. The number of amides is 1. The van der Waals surface area contributed by atoms with Crippen molar-refractivity contribution >= 4 is 23.2 Å². The van der Waals surface area contributed by atoms with Crippen LogP contribution < -0.4 is 0 Å². The minimum atomic E-state index is -0.832. The summed E-state index contributed by atoms with van der Waals surface area (Å²) in [6.45, 7) is 4.58. The minimum absolute atomic E-state index is 0.120. The molecule has 116 valence electrons. The zero-order valence-electron chi connectivity index (χ0n) is 12.5. The molecular formula is C14H20N2O4S. The van der Waals surface area contributed by atoms with Gasteiger partial charge in [0.25, 0.3) is 5.91 Å². The number of aromatic nitrogens is 1. The first kappa shape index (κ1) is 15.9. The molecule has 1 N–H and O–H groups in total. The SMILES string of the molecule is COCc1nc(C)c(C(=O)N2CCC[C@H](C(=O)O)[C@@H]2C)s1. The standard InChI is InChI=1S/C14H20N2O4S/c1-8-12(21-11(15-8)7-20-3)13(17)16-6-4-5-10(9(16)2)14(18)19/h9-10H,4-7H2,1-3H3,(H,18,19)/t9-,10-/m0/s1. The average molecular weight is 312 g/mol. The summed E-state index contributed by atoms with van der Waals surface area (Å²) in [5.74, 6) is -1.44. The number of carboxylic acid groups (broad SMARTS) is 1. The molecule has 0 spiro atoms. The van der Waals surface area contributed by atoms with Gasteiger partial charge in [-0.25, -0.2) is 4.98 Å². The molecule has 0 radical (unpaired) electrons. The highest BCUT2D eigenvalue weighted by Crippen LogP contribution is 2.28. The first-order valence-corrected chi connectivity index (χ1v) is 7.76. The molecule has 1 aromatic rings. The second-order valence-corrected chi connectivity index (χ2v) is 6.36. The molecule has 0 unspecified atom stereocenters. The van der Waals surface area contributed by atoms with Crippen LogP contribution in [0.2, 0.25) is 0 Å². The van der Waals surface area contributed by atoms with E-state index in [1.54, 1.807) is 18.9 Å². The van der Waals surface area contributed by atoms with E-state index in [0.29, 0.717) is 30.1 Å². The summed E-state index contributed by atoms with van der Waals surface area (Å²) < 4.78 is 5.04. The molecule has 21 heavy (non-hydrogen) atoms. The fourth-order valence-electron chi connectivity index (χ4n) is 2.73. The van der Waals surface area contributed by atoms with Crippen molar-refractivity contribution in [2.45, 2.75) is 39.3 Å². The molecule has 0 aliphatic carbocycles. The summed E-state index contributed by atoms with van der Waals surface area (Å²) in [5.41, 5.74) is 0.682. The van der Waals surface area contributed by atoms with E-state index in [4.69, 9.17) is 4.74 Å². The Bertz CT molecular complexity index is 543. The van der Waals surface area contributed by atoms with Crippen molar-refractivity contribution in [1.29, 1.82) is 0 Å². The van der Waals surface area contributed by atoms with Crippen LogP contribution >= 0.6 is 11.3 Å². The first-order chi connectivity index (χ1) is 9.95. The normalized spacial score (nSPS) is 22.3. The second kappa shape index (κ2) is 6.53. The molecule has 0 bridgehead atoms. The van der Waals surface area contributed by atoms with Crippen molar-refractivity contribution in [2.75, 3.05) is 13.7 Å². The Morgan fingerprint density at radius 1 is 1.52 bits per heavy atom. The van der Waals surface area contributed by atoms with Crippen LogP contribution in [0.15, 0.2) is 0 Å². The van der Waals surface area contributed by atoms with Gasteiger partial charge in [0.05, 0.1) is 18.2 Å². The predicted octanol–water partition coefficient (Wildman–Crippen LogP) is 1.92. The zero-order valence-corrected chi connectivity index (χ0v) is 13.3. The summed E-state index contributed by atoms with van der Waals surface area (Å²) in [4.78, 5) is 30.5. The number of ether oxygens (including phenoxy) is 1. The highest BCUT2D eigenvalue weighted by atomic mass is 32.1. The van der Waals surface area contributed by atoms with Crippen LogP contribution in [0.25, 0.3) is 0 Å². The van der Waals surface area contributed by atoms with Gasteiger partial charge in [-0.05, 0) is 26.7 Å². The van der Waals surface area contributed by atoms with Gasteiger partial charge in [-0.1, -0.05) is 0 Å². The maximum atomic E-state index is 12.7. The number of carboxylic acids is 1. The molecular weight excluding hydrogens is 292 g/mol. The van der Waals surface area contributed by atoms with Crippen LogP contribution in [0.5, 0.6) is 0 Å². The lowest BCUT2D eigenvalue weighted by molar-refractivity contribution is -0.144. The number of hydrogen-bond donors (Lipinski definition) is 1. The molecule has 2 atom stereocenters. The number of hydrogen-bond acceptors (Lipinski definition) is 5. The predicted molar refractivity (Wildman–Crippen MR) is 78.4 cm³/mol. The van der Waals surface area contributed by atoms with Crippen molar-refractivity contribution in [3.8, 4) is 0 Å². The van der Waals surface area contributed by atoms with Crippen LogP contribution in [0, 0.1) is 12.8 Å². The van der Waals surface area contributed by atoms with Crippen molar-refractivity contribution in [2.24, 2.45) is 5.92 Å². The highest BCUT2D eigenvalue weighted by Gasteiger charge is 2.36. The van der Waals surface area contributed by atoms with E-state index in [9.17, 15) is 14.7 Å². The summed E-state index contributed by atoms with van der Waals surface area (Å²) in [5, 5.41) is 10.0. The van der Waals surface area contributed by atoms with Gasteiger partial charge in [-0.2, -0.15) is 0 Å². The number of likely N-dealkylation sites (tertiary alicyclic amines) is 1. The fraction of sp³-hybridized carbons (Fsp3) is 0.643. The van der Waals surface area contributed by atoms with Gasteiger partial charge >= 0.3 is 5.97 Å². The number of aliphatic carboxylic acids is 1. The molecule has 1 aliphatic heterocycles. The third-order valence-electron chi connectivity index (χ3n) is 3.87. The Morgan fingerprint density at radius 2 is 2.24 bits per heavy atom. The molecule has 2 heterocycles. The largest absolute Gasteiger partial charge is 0.481 e. The lowest BCUT2D eigenvalue weighted by Gasteiger charge is -2.37. The number of thiazole rings is 1. The Labute approximate surface area is 127 Å². The van der Waals surface area contributed by atoms with Crippen LogP contribution in [-0.4, -0.2) is 46.6 Å². The van der Waals surface area contributed by atoms with E-state index in [0.717, 1.165) is 11.4 Å². The lowest BCUT2D eigenvalue weighted by atomic mass is 9.90. The molecule has 1 aliphatic rings. The summed E-state index contributed by atoms with van der Waals surface area (Å²) in [6, 6.07) is -0.295. The Hall–Kier alpha value is -1.47. The maximum absolute atomic E-state index is 12.7. The van der Waals surface area contributed by atoms with Gasteiger partial charge in [0, 0.05) is 19.7 Å². The fourth-order valence-corrected chi connectivity index (χ4v) is 3.72. The van der Waals surface area contributed by atoms with Gasteiger partial charge < -0.3 is 14.7 Å². The first-order valence-electron chi connectivity index (χ1n) is 6.94. The molecule has 1 fully saturated rings. The lowest BCUT2D eigenvalue weighted by Crippen LogP contribution is -2.49. The number of piperidine rings is 1. The molecule has 7 heteroatoms. The highest BCUT2D eigenvalue weighted by molar-refractivity contribution is 7.13. The number of nitrogens with zero attached hydrogens (tertiary/aromatic N) is 2. The molecule has 0 saturated carbocycles. The number of carbonyl (C=O) groups excluding carboxylic acids is 1. The van der Waals surface area contributed by atoms with E-state index in [1.165, 1.54) is 11.3 Å². The van der Waals surface area contributed by atoms with Crippen LogP contribution in [0.3, 0.4) is 0 Å². The van der Waals surface area contributed by atoms with E-state index >= 15 is 0 Å². The van der Waals surface area contributed by atoms with Crippen molar-refractivity contribution < 1.29 is 19.4 Å². The quantitative estimate of drug-likeness (QED) is 0.919. The minimum Gasteiger partial charge on any atom is -0.481 e.